The van der Waals surface area contributed by atoms with Crippen LogP contribution in [-0.2, 0) is 4.79 Å². The van der Waals surface area contributed by atoms with Crippen molar-refractivity contribution in [1.29, 1.82) is 5.26 Å². The van der Waals surface area contributed by atoms with Gasteiger partial charge in [-0.15, -0.1) is 0 Å². The van der Waals surface area contributed by atoms with Crippen LogP contribution in [0.1, 0.15) is 11.1 Å². The van der Waals surface area contributed by atoms with E-state index in [0.29, 0.717) is 11.3 Å². The van der Waals surface area contributed by atoms with Gasteiger partial charge in [0.15, 0.2) is 0 Å². The fourth-order valence-corrected chi connectivity index (χ4v) is 1.94. The topological polar surface area (TPSA) is 82.4 Å². The number of carbonyl (C=O) groups is 1. The number of nitriles is 1. The van der Waals surface area contributed by atoms with E-state index in [1.54, 1.807) is 30.3 Å². The van der Waals surface area contributed by atoms with Crippen molar-refractivity contribution in [3.8, 4) is 11.8 Å². The number of aliphatic hydroxyl groups excluding tert-OH is 1. The van der Waals surface area contributed by atoms with Crippen molar-refractivity contribution in [2.24, 2.45) is 0 Å². The van der Waals surface area contributed by atoms with Gasteiger partial charge >= 0.3 is 0 Å². The van der Waals surface area contributed by atoms with Crippen LogP contribution in [0.15, 0.2) is 54.6 Å². The predicted octanol–water partition coefficient (Wildman–Crippen LogP) is 2.27. The third-order valence-corrected chi connectivity index (χ3v) is 3.21. The third-order valence-electron chi connectivity index (χ3n) is 3.21. The van der Waals surface area contributed by atoms with Crippen LogP contribution in [0.3, 0.4) is 0 Å². The number of nitrogens with one attached hydrogen (secondary N) is 1. The van der Waals surface area contributed by atoms with Gasteiger partial charge in [-0.05, 0) is 48.0 Å². The van der Waals surface area contributed by atoms with Crippen molar-refractivity contribution >= 4 is 12.0 Å². The number of halogens is 1. The summed E-state index contributed by atoms with van der Waals surface area (Å²) in [4.78, 5) is 11.7. The Morgan fingerprint density at radius 1 is 1.32 bits per heavy atom. The summed E-state index contributed by atoms with van der Waals surface area (Å²) in [6, 6.07) is 14.3. The molecule has 2 rings (SSSR count). The Hall–Kier alpha value is -3.17. The second kappa shape index (κ2) is 9.21. The number of rotatable bonds is 7. The number of hydrogen-bond donors (Lipinski definition) is 2. The molecule has 0 bridgehead atoms. The van der Waals surface area contributed by atoms with Gasteiger partial charge in [0.05, 0.1) is 11.6 Å². The van der Waals surface area contributed by atoms with Crippen LogP contribution in [0.2, 0.25) is 0 Å². The molecule has 2 aromatic rings. The molecule has 0 saturated heterocycles. The first-order valence-electron chi connectivity index (χ1n) is 7.59. The Morgan fingerprint density at radius 3 is 2.80 bits per heavy atom. The normalized spacial score (nSPS) is 11.7. The maximum atomic E-state index is 12.8. The standard InChI is InChI=1S/C19H17FN2O3/c20-16-5-7-18(8-6-16)25-13-17(23)12-22-19(24)9-4-14-2-1-3-15(10-14)11-21/h1-10,17,23H,12-13H2,(H,22,24)/b9-4+. The number of amides is 1. The quantitative estimate of drug-likeness (QED) is 0.758. The Bertz CT molecular complexity index is 782. The van der Waals surface area contributed by atoms with Gasteiger partial charge in [-0.25, -0.2) is 4.39 Å². The second-order valence-corrected chi connectivity index (χ2v) is 5.23. The second-order valence-electron chi connectivity index (χ2n) is 5.23. The number of ether oxygens (including phenoxy) is 1. The number of hydrogen-bond acceptors (Lipinski definition) is 4. The van der Waals surface area contributed by atoms with Crippen LogP contribution in [0, 0.1) is 17.1 Å². The fourth-order valence-electron chi connectivity index (χ4n) is 1.94. The minimum absolute atomic E-state index is 0.0165. The molecule has 0 fully saturated rings. The minimum Gasteiger partial charge on any atom is -0.491 e. The monoisotopic (exact) mass is 340 g/mol. The molecular formula is C19H17FN2O3. The molecule has 5 nitrogen and oxygen atoms in total. The van der Waals surface area contributed by atoms with Gasteiger partial charge in [-0.2, -0.15) is 5.26 Å². The summed E-state index contributed by atoms with van der Waals surface area (Å²) in [5.41, 5.74) is 1.24. The first-order chi connectivity index (χ1) is 12.1. The van der Waals surface area contributed by atoms with E-state index in [9.17, 15) is 14.3 Å². The molecule has 128 valence electrons. The first kappa shape index (κ1) is 18.2. The van der Waals surface area contributed by atoms with Crippen molar-refractivity contribution in [1.82, 2.24) is 5.32 Å². The molecule has 6 heteroatoms. The summed E-state index contributed by atoms with van der Waals surface area (Å²) in [7, 11) is 0. The van der Waals surface area contributed by atoms with Gasteiger partial charge in [0, 0.05) is 12.6 Å². The van der Waals surface area contributed by atoms with Gasteiger partial charge < -0.3 is 15.2 Å². The van der Waals surface area contributed by atoms with E-state index in [1.807, 2.05) is 6.07 Å². The molecule has 25 heavy (non-hydrogen) atoms. The summed E-state index contributed by atoms with van der Waals surface area (Å²) < 4.78 is 18.1. The van der Waals surface area contributed by atoms with Crippen molar-refractivity contribution in [2.45, 2.75) is 6.10 Å². The van der Waals surface area contributed by atoms with Crippen LogP contribution in [0.25, 0.3) is 6.08 Å². The van der Waals surface area contributed by atoms with E-state index in [1.165, 1.54) is 30.3 Å². The summed E-state index contributed by atoms with van der Waals surface area (Å²) >= 11 is 0. The average molecular weight is 340 g/mol. The molecule has 2 N–H and O–H groups in total. The van der Waals surface area contributed by atoms with E-state index in [2.05, 4.69) is 5.32 Å². The number of nitrogens with zero attached hydrogens (tertiary/aromatic N) is 1. The first-order valence-corrected chi connectivity index (χ1v) is 7.59. The van der Waals surface area contributed by atoms with Crippen molar-refractivity contribution in [2.75, 3.05) is 13.2 Å². The fraction of sp³-hybridized carbons (Fsp3) is 0.158. The summed E-state index contributed by atoms with van der Waals surface area (Å²) in [6.07, 6.45) is 2.01. The molecular weight excluding hydrogens is 323 g/mol. The van der Waals surface area contributed by atoms with Crippen LogP contribution in [0.5, 0.6) is 5.75 Å². The van der Waals surface area contributed by atoms with Crippen molar-refractivity contribution in [3.63, 3.8) is 0 Å². The molecule has 1 atom stereocenters. The van der Waals surface area contributed by atoms with E-state index in [4.69, 9.17) is 10.00 Å². The van der Waals surface area contributed by atoms with Crippen LogP contribution in [-0.4, -0.2) is 30.3 Å². The maximum absolute atomic E-state index is 12.8. The summed E-state index contributed by atoms with van der Waals surface area (Å²) in [5, 5.41) is 21.2. The molecule has 0 radical (unpaired) electrons. The molecule has 0 spiro atoms. The minimum atomic E-state index is -0.899. The zero-order chi connectivity index (χ0) is 18.1. The highest BCUT2D eigenvalue weighted by Gasteiger charge is 2.07. The number of benzene rings is 2. The number of aliphatic hydroxyl groups is 1. The van der Waals surface area contributed by atoms with Gasteiger partial charge in [-0.3, -0.25) is 4.79 Å². The highest BCUT2D eigenvalue weighted by molar-refractivity contribution is 5.91. The Morgan fingerprint density at radius 2 is 2.08 bits per heavy atom. The highest BCUT2D eigenvalue weighted by Crippen LogP contribution is 2.11. The molecule has 0 heterocycles. The van der Waals surface area contributed by atoms with E-state index in [-0.39, 0.29) is 24.9 Å². The summed E-state index contributed by atoms with van der Waals surface area (Å²) in [6.45, 7) is -0.0115. The van der Waals surface area contributed by atoms with Gasteiger partial charge in [0.2, 0.25) is 5.91 Å². The molecule has 0 aromatic heterocycles. The van der Waals surface area contributed by atoms with Crippen LogP contribution in [0.4, 0.5) is 4.39 Å². The Balaban J connectivity index is 1.74. The maximum Gasteiger partial charge on any atom is 0.244 e. The van der Waals surface area contributed by atoms with Crippen molar-refractivity contribution < 1.29 is 19.0 Å². The van der Waals surface area contributed by atoms with E-state index < -0.39 is 6.10 Å². The van der Waals surface area contributed by atoms with E-state index >= 15 is 0 Å². The SMILES string of the molecule is N#Cc1cccc(/C=C/C(=O)NCC(O)COc2ccc(F)cc2)c1. The van der Waals surface area contributed by atoms with Gasteiger partial charge in [0.1, 0.15) is 24.3 Å². The van der Waals surface area contributed by atoms with Gasteiger partial charge in [-0.1, -0.05) is 12.1 Å². The lowest BCUT2D eigenvalue weighted by Gasteiger charge is -2.12. The highest BCUT2D eigenvalue weighted by atomic mass is 19.1. The lowest BCUT2D eigenvalue weighted by molar-refractivity contribution is -0.117. The van der Waals surface area contributed by atoms with E-state index in [0.717, 1.165) is 5.56 Å². The van der Waals surface area contributed by atoms with Crippen LogP contribution >= 0.6 is 0 Å². The molecule has 1 amide bonds. The molecule has 2 aromatic carbocycles. The largest absolute Gasteiger partial charge is 0.491 e. The lowest BCUT2D eigenvalue weighted by atomic mass is 10.1. The zero-order valence-electron chi connectivity index (χ0n) is 13.4. The molecule has 0 aliphatic rings. The lowest BCUT2D eigenvalue weighted by Crippen LogP contribution is -2.34. The van der Waals surface area contributed by atoms with Gasteiger partial charge in [0.25, 0.3) is 0 Å². The number of carbonyl (C=O) groups excluding carboxylic acids is 1. The molecule has 1 unspecified atom stereocenters. The molecule has 0 aliphatic heterocycles. The molecule has 0 saturated carbocycles. The third kappa shape index (κ3) is 6.45. The smallest absolute Gasteiger partial charge is 0.244 e. The summed E-state index contributed by atoms with van der Waals surface area (Å²) in [5.74, 6) is -0.306. The molecule has 0 aliphatic carbocycles. The zero-order valence-corrected chi connectivity index (χ0v) is 13.4. The average Bonchev–Trinajstić information content (AvgIpc) is 2.64. The Labute approximate surface area is 145 Å². The Kier molecular flexibility index (Phi) is 6.69. The van der Waals surface area contributed by atoms with Crippen molar-refractivity contribution in [3.05, 3.63) is 71.6 Å². The predicted molar refractivity (Wildman–Crippen MR) is 91.1 cm³/mol. The van der Waals surface area contributed by atoms with Crippen LogP contribution < -0.4 is 10.1 Å².